The van der Waals surface area contributed by atoms with Gasteiger partial charge in [-0.05, 0) is 133 Å². The van der Waals surface area contributed by atoms with Crippen molar-refractivity contribution in [3.05, 3.63) is 0 Å². The molecule has 0 aliphatic carbocycles. The lowest BCUT2D eigenvalue weighted by Gasteiger charge is -2.51. The Bertz CT molecular complexity index is 894. The average molecular weight is 1000 g/mol. The maximum atomic E-state index is 7.63. The summed E-state index contributed by atoms with van der Waals surface area (Å²) < 4.78 is 107. The van der Waals surface area contributed by atoms with Gasteiger partial charge in [0.2, 0.25) is 0 Å². The Morgan fingerprint density at radius 1 is 0.250 bits per heavy atom. The molecule has 0 amide bonds. The van der Waals surface area contributed by atoms with E-state index in [2.05, 4.69) is 26.2 Å². The molecule has 0 unspecified atom stereocenters. The van der Waals surface area contributed by atoms with Crippen molar-refractivity contribution in [2.45, 2.75) is 158 Å². The first-order valence-electron chi connectivity index (χ1n) is 22.9. The zero-order valence-electron chi connectivity index (χ0n) is 40.7. The van der Waals surface area contributed by atoms with Crippen LogP contribution < -0.4 is 0 Å². The van der Waals surface area contributed by atoms with E-state index in [9.17, 15) is 0 Å². The molecule has 16 nitrogen and oxygen atoms in total. The summed E-state index contributed by atoms with van der Waals surface area (Å²) in [5, 5.41) is 0. The molecule has 0 aromatic rings. The molecule has 60 heavy (non-hydrogen) atoms. The van der Waals surface area contributed by atoms with E-state index < -0.39 is 69.5 Å². The predicted molar refractivity (Wildman–Crippen MR) is 252 cm³/mol. The van der Waals surface area contributed by atoms with Gasteiger partial charge in [0.15, 0.2) is 0 Å². The fourth-order valence-electron chi connectivity index (χ4n) is 7.84. The minimum absolute atomic E-state index is 0.468. The number of rotatable bonds is 36. The Balaban J connectivity index is 4.09. The molecule has 0 radical (unpaired) electrons. The zero-order valence-corrected chi connectivity index (χ0v) is 48.7. The van der Waals surface area contributed by atoms with Gasteiger partial charge < -0.3 is 69.6 Å². The second-order valence-corrected chi connectivity index (χ2v) is 40.1. The van der Waals surface area contributed by atoms with Crippen molar-refractivity contribution >= 4 is 69.5 Å². The van der Waals surface area contributed by atoms with E-state index in [1.165, 1.54) is 0 Å². The summed E-state index contributed by atoms with van der Waals surface area (Å²) in [5.41, 5.74) is 0. The van der Waals surface area contributed by atoms with Crippen LogP contribution in [0.2, 0.25) is 74.5 Å². The Hall–Kier alpha value is 1.10. The first-order chi connectivity index (χ1) is 28.4. The molecule has 1 saturated heterocycles. The zero-order chi connectivity index (χ0) is 45.5. The van der Waals surface area contributed by atoms with Crippen LogP contribution in [0.25, 0.3) is 0 Å². The molecule has 0 atom stereocenters. The van der Waals surface area contributed by atoms with Crippen LogP contribution in [-0.2, 0) is 69.6 Å². The van der Waals surface area contributed by atoms with Crippen molar-refractivity contribution in [2.75, 3.05) is 79.3 Å². The van der Waals surface area contributed by atoms with Crippen LogP contribution >= 0.6 is 0 Å². The van der Waals surface area contributed by atoms with E-state index in [1.54, 1.807) is 0 Å². The molecule has 0 spiro atoms. The maximum absolute atomic E-state index is 7.63. The smallest absolute Gasteiger partial charge is 0.416 e. The van der Waals surface area contributed by atoms with Crippen LogP contribution in [0.15, 0.2) is 0 Å². The van der Waals surface area contributed by atoms with Gasteiger partial charge in [-0.2, -0.15) is 0 Å². The standard InChI is InChI=1S/C36H88O16Si8/c1-17-37-57(38-18-2,39-19-3)33-29-53(13)49-54(14,30-34-58(40-20-4,41-21-5)42-22-6)51-56(16,32-36-60(46-26-10,47-27-11)48-28-12)52-55(15,50-53)31-35-59(43-23-7,44-24-8)45-25-9/h17-36H2,1-16H3. The second kappa shape index (κ2) is 29.0. The fraction of sp³-hybridized carbons (Fsp3) is 1.00. The Morgan fingerprint density at radius 2 is 0.367 bits per heavy atom. The Labute approximate surface area is 374 Å². The van der Waals surface area contributed by atoms with E-state index in [-0.39, 0.29) is 0 Å². The molecule has 1 heterocycles. The molecule has 1 fully saturated rings. The molecule has 1 aliphatic heterocycles. The first kappa shape index (κ1) is 59.1. The van der Waals surface area contributed by atoms with E-state index in [1.807, 2.05) is 83.1 Å². The van der Waals surface area contributed by atoms with Crippen molar-refractivity contribution < 1.29 is 69.6 Å². The predicted octanol–water partition coefficient (Wildman–Crippen LogP) is 8.55. The van der Waals surface area contributed by atoms with Gasteiger partial charge in [-0.3, -0.25) is 0 Å². The lowest BCUT2D eigenvalue weighted by atomic mass is 10.9. The highest BCUT2D eigenvalue weighted by atomic mass is 28.5. The Kier molecular flexibility index (Phi) is 28.6. The first-order valence-corrected chi connectivity index (χ1v) is 40.7. The van der Waals surface area contributed by atoms with Gasteiger partial charge in [0.05, 0.1) is 0 Å². The third-order valence-electron chi connectivity index (χ3n) is 9.64. The lowest BCUT2D eigenvalue weighted by molar-refractivity contribution is 0.0714. The molecule has 1 aliphatic rings. The summed E-state index contributed by atoms with van der Waals surface area (Å²) in [6.07, 6.45) is 0. The van der Waals surface area contributed by atoms with E-state index in [0.717, 1.165) is 0 Å². The van der Waals surface area contributed by atoms with Crippen molar-refractivity contribution in [1.82, 2.24) is 0 Å². The average Bonchev–Trinajstić information content (AvgIpc) is 3.16. The molecule has 1 rings (SSSR count). The fourth-order valence-corrected chi connectivity index (χ4v) is 48.1. The molecule has 0 bridgehead atoms. The van der Waals surface area contributed by atoms with Crippen LogP contribution in [0.5, 0.6) is 0 Å². The molecule has 0 saturated carbocycles. The topological polar surface area (TPSA) is 148 Å². The third kappa shape index (κ3) is 19.5. The summed E-state index contributed by atoms with van der Waals surface area (Å²) >= 11 is 0. The summed E-state index contributed by atoms with van der Waals surface area (Å²) in [6, 6.07) is 4.24. The van der Waals surface area contributed by atoms with Crippen molar-refractivity contribution in [3.8, 4) is 0 Å². The van der Waals surface area contributed by atoms with Crippen molar-refractivity contribution in [3.63, 3.8) is 0 Å². The van der Waals surface area contributed by atoms with Gasteiger partial charge in [0.25, 0.3) is 0 Å². The van der Waals surface area contributed by atoms with Gasteiger partial charge in [-0.25, -0.2) is 0 Å². The highest BCUT2D eigenvalue weighted by Gasteiger charge is 2.60. The van der Waals surface area contributed by atoms with E-state index >= 15 is 0 Å². The highest BCUT2D eigenvalue weighted by Crippen LogP contribution is 2.42. The maximum Gasteiger partial charge on any atom is 0.500 e. The van der Waals surface area contributed by atoms with Gasteiger partial charge in [-0.15, -0.1) is 0 Å². The van der Waals surface area contributed by atoms with Crippen LogP contribution in [0, 0.1) is 0 Å². The van der Waals surface area contributed by atoms with E-state index in [0.29, 0.717) is 128 Å². The SMILES string of the molecule is CCO[Si](CC[Si]1(C)O[Si](C)(CC[Si](OCC)(OCC)OCC)O[Si](C)(CC[Si](OCC)(OCC)OCC)O[Si](C)(CC[Si](OCC)(OCC)OCC)O1)(OCC)OCC. The van der Waals surface area contributed by atoms with Gasteiger partial charge in [0, 0.05) is 103 Å². The Morgan fingerprint density at radius 3 is 0.467 bits per heavy atom. The summed E-state index contributed by atoms with van der Waals surface area (Å²) in [5.74, 6) is 0. The summed E-state index contributed by atoms with van der Waals surface area (Å²) in [7, 11) is -25.4. The van der Waals surface area contributed by atoms with Gasteiger partial charge in [-0.1, -0.05) is 0 Å². The van der Waals surface area contributed by atoms with Crippen LogP contribution in [0.3, 0.4) is 0 Å². The van der Waals surface area contributed by atoms with Crippen LogP contribution in [0.4, 0.5) is 0 Å². The number of hydrogen-bond donors (Lipinski definition) is 0. The molecular formula is C36H88O16Si8. The van der Waals surface area contributed by atoms with Crippen LogP contribution in [-0.4, -0.2) is 149 Å². The molecule has 0 aromatic carbocycles. The third-order valence-corrected chi connectivity index (χ3v) is 42.3. The molecule has 0 aromatic heterocycles. The number of hydrogen-bond acceptors (Lipinski definition) is 16. The van der Waals surface area contributed by atoms with Gasteiger partial charge in [0.1, 0.15) is 0 Å². The molecular weight excluding hydrogens is 913 g/mol. The van der Waals surface area contributed by atoms with Crippen LogP contribution in [0.1, 0.15) is 83.1 Å². The van der Waals surface area contributed by atoms with Crippen molar-refractivity contribution in [2.24, 2.45) is 0 Å². The minimum Gasteiger partial charge on any atom is -0.416 e. The quantitative estimate of drug-likeness (QED) is 0.0552. The lowest BCUT2D eigenvalue weighted by Crippen LogP contribution is -2.68. The summed E-state index contributed by atoms with van der Waals surface area (Å²) in [4.78, 5) is 0. The minimum atomic E-state index is -3.24. The van der Waals surface area contributed by atoms with Gasteiger partial charge >= 0.3 is 69.5 Å². The second-order valence-electron chi connectivity index (χ2n) is 14.9. The van der Waals surface area contributed by atoms with Crippen molar-refractivity contribution in [1.29, 1.82) is 0 Å². The highest BCUT2D eigenvalue weighted by molar-refractivity contribution is 6.95. The normalized spacial score (nSPS) is 24.8. The summed E-state index contributed by atoms with van der Waals surface area (Å²) in [6.45, 7) is 37.8. The largest absolute Gasteiger partial charge is 0.500 e. The molecule has 0 N–H and O–H groups in total. The monoisotopic (exact) mass is 1000 g/mol. The van der Waals surface area contributed by atoms with E-state index in [4.69, 9.17) is 69.6 Å². The molecule has 360 valence electrons. The molecule has 24 heteroatoms.